The molecule has 0 amide bonds. The highest BCUT2D eigenvalue weighted by molar-refractivity contribution is 6.30. The molecule has 2 rings (SSSR count). The molecule has 0 bridgehead atoms. The number of hydrogen-bond donors (Lipinski definition) is 0. The Kier molecular flexibility index (Phi) is 3.85. The van der Waals surface area contributed by atoms with Crippen LogP contribution in [0.15, 0.2) is 54.6 Å². The van der Waals surface area contributed by atoms with E-state index in [1.807, 2.05) is 42.5 Å². The van der Waals surface area contributed by atoms with Gasteiger partial charge in [0.1, 0.15) is 0 Å². The molecule has 19 heavy (non-hydrogen) atoms. The largest absolute Gasteiger partial charge is 0.196 e. The van der Waals surface area contributed by atoms with Crippen molar-refractivity contribution in [3.8, 4) is 12.1 Å². The molecule has 0 spiro atoms. The van der Waals surface area contributed by atoms with Crippen LogP contribution < -0.4 is 0 Å². The lowest BCUT2D eigenvalue weighted by Crippen LogP contribution is -2.24. The van der Waals surface area contributed by atoms with Gasteiger partial charge in [0.2, 0.25) is 0 Å². The third kappa shape index (κ3) is 2.76. The van der Waals surface area contributed by atoms with Gasteiger partial charge in [0.15, 0.2) is 5.41 Å². The molecule has 92 valence electrons. The van der Waals surface area contributed by atoms with Crippen LogP contribution in [-0.4, -0.2) is 0 Å². The highest BCUT2D eigenvalue weighted by Gasteiger charge is 2.32. The molecule has 2 aromatic carbocycles. The molecule has 0 radical (unpaired) electrons. The zero-order valence-electron chi connectivity index (χ0n) is 10.2. The maximum absolute atomic E-state index is 9.45. The minimum absolute atomic E-state index is 0.348. The van der Waals surface area contributed by atoms with Gasteiger partial charge in [-0.15, -0.1) is 0 Å². The molecule has 0 N–H and O–H groups in total. The van der Waals surface area contributed by atoms with Crippen molar-refractivity contribution in [1.82, 2.24) is 0 Å². The second kappa shape index (κ2) is 5.57. The van der Waals surface area contributed by atoms with Gasteiger partial charge in [-0.3, -0.25) is 0 Å². The third-order valence-corrected chi connectivity index (χ3v) is 3.28. The van der Waals surface area contributed by atoms with Gasteiger partial charge in [0.05, 0.1) is 12.1 Å². The molecule has 2 aromatic rings. The summed E-state index contributed by atoms with van der Waals surface area (Å²) in [4.78, 5) is 0. The fraction of sp³-hybridized carbons (Fsp3) is 0.125. The number of benzene rings is 2. The lowest BCUT2D eigenvalue weighted by Gasteiger charge is -2.19. The normalized spacial score (nSPS) is 10.5. The molecule has 0 unspecified atom stereocenters. The van der Waals surface area contributed by atoms with Gasteiger partial charge >= 0.3 is 0 Å². The predicted octanol–water partition coefficient (Wildman–Crippen LogP) is 3.87. The fourth-order valence-corrected chi connectivity index (χ4v) is 2.09. The lowest BCUT2D eigenvalue weighted by molar-refractivity contribution is 0.695. The fourth-order valence-electron chi connectivity index (χ4n) is 1.97. The van der Waals surface area contributed by atoms with Gasteiger partial charge in [0, 0.05) is 11.4 Å². The molecule has 0 fully saturated rings. The van der Waals surface area contributed by atoms with Crippen LogP contribution in [0.4, 0.5) is 0 Å². The van der Waals surface area contributed by atoms with Gasteiger partial charge in [-0.2, -0.15) is 10.5 Å². The number of hydrogen-bond acceptors (Lipinski definition) is 2. The minimum atomic E-state index is -1.16. The molecule has 0 saturated heterocycles. The van der Waals surface area contributed by atoms with Crippen LogP contribution >= 0.6 is 11.6 Å². The van der Waals surface area contributed by atoms with E-state index in [2.05, 4.69) is 12.1 Å². The summed E-state index contributed by atoms with van der Waals surface area (Å²) >= 11 is 5.84. The Morgan fingerprint density at radius 3 is 2.00 bits per heavy atom. The van der Waals surface area contributed by atoms with E-state index in [0.29, 0.717) is 11.4 Å². The van der Waals surface area contributed by atoms with E-state index in [-0.39, 0.29) is 0 Å². The summed E-state index contributed by atoms with van der Waals surface area (Å²) in [6, 6.07) is 20.7. The van der Waals surface area contributed by atoms with Crippen molar-refractivity contribution in [1.29, 1.82) is 10.5 Å². The van der Waals surface area contributed by atoms with Crippen LogP contribution in [0, 0.1) is 22.7 Å². The second-order valence-corrected chi connectivity index (χ2v) is 4.73. The van der Waals surface area contributed by atoms with E-state index in [4.69, 9.17) is 11.6 Å². The summed E-state index contributed by atoms with van der Waals surface area (Å²) in [5.41, 5.74) is 0.473. The van der Waals surface area contributed by atoms with E-state index in [1.54, 1.807) is 12.1 Å². The summed E-state index contributed by atoms with van der Waals surface area (Å²) < 4.78 is 0. The molecule has 0 atom stereocenters. The molecule has 0 aliphatic heterocycles. The number of rotatable bonds is 3. The average molecular weight is 267 g/mol. The van der Waals surface area contributed by atoms with Crippen molar-refractivity contribution < 1.29 is 0 Å². The van der Waals surface area contributed by atoms with Crippen molar-refractivity contribution in [3.63, 3.8) is 0 Å². The predicted molar refractivity (Wildman–Crippen MR) is 74.5 cm³/mol. The zero-order chi connectivity index (χ0) is 13.7. The molecule has 2 nitrogen and oxygen atoms in total. The lowest BCUT2D eigenvalue weighted by atomic mass is 9.78. The Hall–Kier alpha value is -2.29. The van der Waals surface area contributed by atoms with Crippen molar-refractivity contribution in [2.24, 2.45) is 0 Å². The van der Waals surface area contributed by atoms with Crippen molar-refractivity contribution >= 4 is 11.6 Å². The van der Waals surface area contributed by atoms with E-state index in [9.17, 15) is 10.5 Å². The summed E-state index contributed by atoms with van der Waals surface area (Å²) in [6.07, 6.45) is 0.348. The van der Waals surface area contributed by atoms with Crippen molar-refractivity contribution in [2.45, 2.75) is 11.8 Å². The van der Waals surface area contributed by atoms with E-state index >= 15 is 0 Å². The Bertz CT molecular complexity index is 619. The first-order valence-electron chi connectivity index (χ1n) is 5.83. The SMILES string of the molecule is N#CC(C#N)(Cc1ccc(Cl)cc1)c1ccccc1. The molecule has 0 aliphatic carbocycles. The Balaban J connectivity index is 2.40. The smallest absolute Gasteiger partial charge is 0.172 e. The average Bonchev–Trinajstić information content (AvgIpc) is 2.48. The highest BCUT2D eigenvalue weighted by Crippen LogP contribution is 2.27. The zero-order valence-corrected chi connectivity index (χ0v) is 10.9. The maximum Gasteiger partial charge on any atom is 0.172 e. The summed E-state index contributed by atoms with van der Waals surface area (Å²) in [7, 11) is 0. The first-order valence-corrected chi connectivity index (χ1v) is 6.20. The molecule has 0 aromatic heterocycles. The number of nitrogens with zero attached hydrogens (tertiary/aromatic N) is 2. The van der Waals surface area contributed by atoms with Crippen molar-refractivity contribution in [3.05, 3.63) is 70.7 Å². The monoisotopic (exact) mass is 266 g/mol. The quantitative estimate of drug-likeness (QED) is 0.847. The van der Waals surface area contributed by atoms with Crippen LogP contribution in [0.25, 0.3) is 0 Å². The Morgan fingerprint density at radius 2 is 1.47 bits per heavy atom. The topological polar surface area (TPSA) is 47.6 Å². The van der Waals surface area contributed by atoms with Crippen LogP contribution in [0.2, 0.25) is 5.02 Å². The Morgan fingerprint density at radius 1 is 0.895 bits per heavy atom. The first kappa shape index (κ1) is 13.1. The van der Waals surface area contributed by atoms with E-state index in [1.165, 1.54) is 0 Å². The van der Waals surface area contributed by atoms with Crippen LogP contribution in [0.5, 0.6) is 0 Å². The van der Waals surface area contributed by atoms with Crippen LogP contribution in [0.1, 0.15) is 11.1 Å². The third-order valence-electron chi connectivity index (χ3n) is 3.03. The summed E-state index contributed by atoms with van der Waals surface area (Å²) in [5, 5.41) is 19.5. The molecule has 0 saturated carbocycles. The maximum atomic E-state index is 9.45. The van der Waals surface area contributed by atoms with Crippen molar-refractivity contribution in [2.75, 3.05) is 0 Å². The molecule has 0 aliphatic rings. The van der Waals surface area contributed by atoms with Crippen LogP contribution in [0.3, 0.4) is 0 Å². The van der Waals surface area contributed by atoms with E-state index < -0.39 is 5.41 Å². The van der Waals surface area contributed by atoms with Gasteiger partial charge in [-0.05, 0) is 23.3 Å². The molecular weight excluding hydrogens is 256 g/mol. The van der Waals surface area contributed by atoms with Gasteiger partial charge < -0.3 is 0 Å². The Labute approximate surface area is 117 Å². The minimum Gasteiger partial charge on any atom is -0.196 e. The van der Waals surface area contributed by atoms with E-state index in [0.717, 1.165) is 11.1 Å². The second-order valence-electron chi connectivity index (χ2n) is 4.30. The molecule has 0 heterocycles. The van der Waals surface area contributed by atoms with Gasteiger partial charge in [-0.1, -0.05) is 54.1 Å². The van der Waals surface area contributed by atoms with Gasteiger partial charge in [-0.25, -0.2) is 0 Å². The number of halogens is 1. The summed E-state index contributed by atoms with van der Waals surface area (Å²) in [6.45, 7) is 0. The standard InChI is InChI=1S/C16H11ClN2/c17-15-8-6-13(7-9-15)10-16(11-18,12-19)14-4-2-1-3-5-14/h1-9H,10H2. The van der Waals surface area contributed by atoms with Crippen LogP contribution in [-0.2, 0) is 11.8 Å². The number of nitriles is 2. The molecular formula is C16H11ClN2. The van der Waals surface area contributed by atoms with Gasteiger partial charge in [0.25, 0.3) is 0 Å². The highest BCUT2D eigenvalue weighted by atomic mass is 35.5. The molecule has 3 heteroatoms. The summed E-state index contributed by atoms with van der Waals surface area (Å²) in [5.74, 6) is 0. The first-order chi connectivity index (χ1) is 9.20.